The van der Waals surface area contributed by atoms with Crippen molar-refractivity contribution >= 4 is 35.3 Å². The highest BCUT2D eigenvalue weighted by atomic mass is 35.5. The Morgan fingerprint density at radius 1 is 1.19 bits per heavy atom. The lowest BCUT2D eigenvalue weighted by Crippen LogP contribution is -2.34. The highest BCUT2D eigenvalue weighted by Gasteiger charge is 2.21. The van der Waals surface area contributed by atoms with Crippen molar-refractivity contribution in [2.75, 3.05) is 26.1 Å². The summed E-state index contributed by atoms with van der Waals surface area (Å²) < 4.78 is 15.7. The van der Waals surface area contributed by atoms with Crippen LogP contribution >= 0.6 is 11.6 Å². The van der Waals surface area contributed by atoms with E-state index in [0.29, 0.717) is 28.5 Å². The summed E-state index contributed by atoms with van der Waals surface area (Å²) >= 11 is 6.20. The molecule has 0 fully saturated rings. The number of methoxy groups -OCH3 is 2. The number of benzene rings is 2. The fourth-order valence-corrected chi connectivity index (χ4v) is 2.65. The topological polar surface area (TPSA) is 98.2 Å². The van der Waals surface area contributed by atoms with Gasteiger partial charge in [-0.2, -0.15) is 5.10 Å². The molecule has 0 saturated heterocycles. The average Bonchev–Trinajstić information content (AvgIpc) is 2.77. The molecule has 2 rings (SSSR count). The fraction of sp³-hybridized carbons (Fsp3) is 0.227. The Bertz CT molecular complexity index is 999. The second-order valence-corrected chi connectivity index (χ2v) is 6.61. The minimum absolute atomic E-state index is 0.0377. The van der Waals surface area contributed by atoms with Gasteiger partial charge in [-0.25, -0.2) is 5.43 Å². The number of amides is 2. The number of nitrogens with one attached hydrogen (secondary N) is 2. The highest BCUT2D eigenvalue weighted by molar-refractivity contribution is 6.32. The van der Waals surface area contributed by atoms with Crippen LogP contribution in [-0.2, 0) is 9.59 Å². The van der Waals surface area contributed by atoms with Gasteiger partial charge < -0.3 is 19.5 Å². The molecule has 162 valence electrons. The van der Waals surface area contributed by atoms with Crippen LogP contribution in [0.2, 0.25) is 5.02 Å². The van der Waals surface area contributed by atoms with Crippen LogP contribution in [0.4, 0.5) is 5.69 Å². The van der Waals surface area contributed by atoms with Crippen molar-refractivity contribution in [3.8, 4) is 29.6 Å². The zero-order valence-corrected chi connectivity index (χ0v) is 18.0. The molecule has 0 saturated carbocycles. The van der Waals surface area contributed by atoms with E-state index in [-0.39, 0.29) is 11.6 Å². The molecule has 2 aromatic rings. The van der Waals surface area contributed by atoms with Crippen molar-refractivity contribution in [2.45, 2.75) is 6.92 Å². The maximum atomic E-state index is 12.3. The predicted molar refractivity (Wildman–Crippen MR) is 119 cm³/mol. The number of anilines is 1. The van der Waals surface area contributed by atoms with Gasteiger partial charge in [0, 0.05) is 5.69 Å². The van der Waals surface area contributed by atoms with Gasteiger partial charge in [0.05, 0.1) is 25.5 Å². The molecule has 0 bridgehead atoms. The first kappa shape index (κ1) is 23.6. The van der Waals surface area contributed by atoms with Crippen molar-refractivity contribution in [3.63, 3.8) is 0 Å². The number of carbonyl (C=O) groups excluding carboxylic acids is 2. The highest BCUT2D eigenvalue weighted by Crippen LogP contribution is 2.35. The molecular weight excluding hydrogens is 422 g/mol. The van der Waals surface area contributed by atoms with Crippen LogP contribution < -0.4 is 25.0 Å². The number of ether oxygens (including phenoxy) is 3. The summed E-state index contributed by atoms with van der Waals surface area (Å²) in [7, 11) is 3.01. The molecule has 9 heteroatoms. The molecule has 0 heterocycles. The number of terminal acetylenes is 1. The van der Waals surface area contributed by atoms with Crippen LogP contribution in [0.1, 0.15) is 12.5 Å². The number of rotatable bonds is 9. The fourth-order valence-electron chi connectivity index (χ4n) is 2.38. The van der Waals surface area contributed by atoms with Gasteiger partial charge in [-0.05, 0) is 48.9 Å². The van der Waals surface area contributed by atoms with E-state index in [1.54, 1.807) is 43.5 Å². The van der Waals surface area contributed by atoms with Crippen LogP contribution in [0, 0.1) is 18.3 Å². The van der Waals surface area contributed by atoms with Gasteiger partial charge in [0.25, 0.3) is 5.91 Å². The Morgan fingerprint density at radius 2 is 1.90 bits per heavy atom. The molecular formula is C22H22ClN3O5. The summed E-state index contributed by atoms with van der Waals surface area (Å²) in [5.41, 5.74) is 3.42. The Balaban J connectivity index is 1.98. The third kappa shape index (κ3) is 6.66. The van der Waals surface area contributed by atoms with Gasteiger partial charge >= 0.3 is 0 Å². The third-order valence-electron chi connectivity index (χ3n) is 4.08. The third-order valence-corrected chi connectivity index (χ3v) is 4.36. The predicted octanol–water partition coefficient (Wildman–Crippen LogP) is 3.09. The minimum atomic E-state index is -0.975. The molecule has 31 heavy (non-hydrogen) atoms. The Labute approximate surface area is 185 Å². The van der Waals surface area contributed by atoms with E-state index in [2.05, 4.69) is 21.8 Å². The second-order valence-electron chi connectivity index (χ2n) is 6.20. The maximum Gasteiger partial charge on any atom is 0.252 e. The Morgan fingerprint density at radius 3 is 2.52 bits per heavy atom. The molecule has 2 aromatic carbocycles. The summed E-state index contributed by atoms with van der Waals surface area (Å²) in [5, 5.41) is 6.81. The molecule has 8 nitrogen and oxygen atoms in total. The first-order valence-electron chi connectivity index (χ1n) is 9.11. The van der Waals surface area contributed by atoms with E-state index in [1.807, 2.05) is 0 Å². The summed E-state index contributed by atoms with van der Waals surface area (Å²) in [5.74, 6) is 1.66. The second kappa shape index (κ2) is 11.5. The van der Waals surface area contributed by atoms with Gasteiger partial charge in [0.15, 0.2) is 11.5 Å². The van der Waals surface area contributed by atoms with E-state index in [0.717, 1.165) is 0 Å². The summed E-state index contributed by atoms with van der Waals surface area (Å²) in [6.45, 7) is 1.51. The number of hydrogen-bond acceptors (Lipinski definition) is 6. The Hall–Kier alpha value is -3.70. The Kier molecular flexibility index (Phi) is 8.73. The van der Waals surface area contributed by atoms with Gasteiger partial charge in [-0.3, -0.25) is 9.59 Å². The largest absolute Gasteiger partial charge is 0.497 e. The molecule has 0 aliphatic heterocycles. The number of nitrogens with zero attached hydrogens (tertiary/aromatic N) is 1. The van der Waals surface area contributed by atoms with Gasteiger partial charge in [0.1, 0.15) is 18.3 Å². The van der Waals surface area contributed by atoms with Gasteiger partial charge in [-0.15, -0.1) is 6.42 Å². The van der Waals surface area contributed by atoms with Crippen molar-refractivity contribution in [1.82, 2.24) is 5.43 Å². The van der Waals surface area contributed by atoms with Crippen LogP contribution in [-0.4, -0.2) is 38.9 Å². The van der Waals surface area contributed by atoms with E-state index in [4.69, 9.17) is 32.2 Å². The number of carbonyl (C=O) groups is 2. The molecule has 2 amide bonds. The van der Waals surface area contributed by atoms with Gasteiger partial charge in [-0.1, -0.05) is 17.5 Å². The zero-order valence-electron chi connectivity index (χ0n) is 17.3. The number of hydrazone groups is 1. The lowest BCUT2D eigenvalue weighted by molar-refractivity contribution is -0.131. The zero-order chi connectivity index (χ0) is 22.8. The quantitative estimate of drug-likeness (QED) is 0.268. The normalized spacial score (nSPS) is 11.3. The van der Waals surface area contributed by atoms with Crippen molar-refractivity contribution in [1.29, 1.82) is 0 Å². The molecule has 2 N–H and O–H groups in total. The lowest BCUT2D eigenvalue weighted by Gasteiger charge is -2.12. The molecule has 1 unspecified atom stereocenters. The molecule has 0 aromatic heterocycles. The molecule has 0 radical (unpaired) electrons. The number of halogens is 1. The molecule has 0 spiro atoms. The van der Waals surface area contributed by atoms with Crippen LogP contribution in [0.5, 0.6) is 17.2 Å². The van der Waals surface area contributed by atoms with Crippen LogP contribution in [0.3, 0.4) is 0 Å². The van der Waals surface area contributed by atoms with Crippen molar-refractivity contribution < 1.29 is 23.8 Å². The maximum absolute atomic E-state index is 12.3. The lowest BCUT2D eigenvalue weighted by atomic mass is 10.1. The number of hydrogen-bond donors (Lipinski definition) is 2. The SMILES string of the molecule is C#CCOc1c(Cl)cc(C=NNC(=O)C(C)C(=O)Nc2ccc(OC)cc2)cc1OC. The first-order chi connectivity index (χ1) is 14.9. The summed E-state index contributed by atoms with van der Waals surface area (Å²) in [6.07, 6.45) is 6.56. The van der Waals surface area contributed by atoms with E-state index in [1.165, 1.54) is 20.2 Å². The molecule has 0 aliphatic carbocycles. The van der Waals surface area contributed by atoms with Crippen LogP contribution in [0.15, 0.2) is 41.5 Å². The summed E-state index contributed by atoms with van der Waals surface area (Å²) in [6, 6.07) is 9.94. The average molecular weight is 444 g/mol. The summed E-state index contributed by atoms with van der Waals surface area (Å²) in [4.78, 5) is 24.5. The first-order valence-corrected chi connectivity index (χ1v) is 9.49. The van der Waals surface area contributed by atoms with E-state index >= 15 is 0 Å². The van der Waals surface area contributed by atoms with Crippen LogP contribution in [0.25, 0.3) is 0 Å². The minimum Gasteiger partial charge on any atom is -0.497 e. The van der Waals surface area contributed by atoms with E-state index < -0.39 is 17.7 Å². The molecule has 1 atom stereocenters. The van der Waals surface area contributed by atoms with Crippen molar-refractivity contribution in [2.24, 2.45) is 11.0 Å². The smallest absolute Gasteiger partial charge is 0.252 e. The molecule has 0 aliphatic rings. The monoisotopic (exact) mass is 443 g/mol. The van der Waals surface area contributed by atoms with E-state index in [9.17, 15) is 9.59 Å². The van der Waals surface area contributed by atoms with Crippen molar-refractivity contribution in [3.05, 3.63) is 47.0 Å². The van der Waals surface area contributed by atoms with Gasteiger partial charge in [0.2, 0.25) is 5.91 Å². The standard InChI is InChI=1S/C22H22ClN3O5/c1-5-10-31-20-18(23)11-15(12-19(20)30-4)13-24-26-22(28)14(2)21(27)25-16-6-8-17(29-3)9-7-16/h1,6-9,11-14H,10H2,2-4H3,(H,25,27)(H,26,28).